The molecule has 3 rings (SSSR count). The van der Waals surface area contributed by atoms with E-state index in [9.17, 15) is 4.79 Å². The Kier molecular flexibility index (Phi) is 6.18. The molecule has 132 valence electrons. The molecule has 0 spiro atoms. The van der Waals surface area contributed by atoms with E-state index in [0.717, 1.165) is 22.4 Å². The largest absolute Gasteiger partial charge is 0.489 e. The molecule has 0 radical (unpaired) electrons. The molecule has 0 fully saturated rings. The Balaban J connectivity index is 1.54. The summed E-state index contributed by atoms with van der Waals surface area (Å²) in [6.45, 7) is 2.93. The molecule has 3 aromatic carbocycles. The molecule has 0 heterocycles. The Bertz CT molecular complexity index is 842. The van der Waals surface area contributed by atoms with Crippen LogP contribution in [0.3, 0.4) is 0 Å². The molecule has 3 nitrogen and oxygen atoms in total. The second-order valence-corrected chi connectivity index (χ2v) is 6.15. The molecule has 0 aliphatic heterocycles. The summed E-state index contributed by atoms with van der Waals surface area (Å²) in [4.78, 5) is 12.4. The van der Waals surface area contributed by atoms with Gasteiger partial charge in [-0.1, -0.05) is 60.7 Å². The minimum atomic E-state index is -0.0203. The number of aryl methyl sites for hydroxylation is 1. The normalized spacial score (nSPS) is 10.5. The van der Waals surface area contributed by atoms with Gasteiger partial charge in [-0.3, -0.25) is 4.79 Å². The van der Waals surface area contributed by atoms with Gasteiger partial charge in [0.05, 0.1) is 6.61 Å². The predicted octanol–water partition coefficient (Wildman–Crippen LogP) is 4.97. The van der Waals surface area contributed by atoms with Gasteiger partial charge in [0.1, 0.15) is 19.0 Å². The van der Waals surface area contributed by atoms with Gasteiger partial charge in [-0.15, -0.1) is 0 Å². The number of hydrogen-bond donors (Lipinski definition) is 0. The van der Waals surface area contributed by atoms with E-state index in [2.05, 4.69) is 0 Å². The summed E-state index contributed by atoms with van der Waals surface area (Å²) in [5, 5.41) is 0. The van der Waals surface area contributed by atoms with E-state index in [1.165, 1.54) is 0 Å². The zero-order valence-electron chi connectivity index (χ0n) is 14.9. The maximum Gasteiger partial charge on any atom is 0.188 e. The van der Waals surface area contributed by atoms with Crippen molar-refractivity contribution in [1.82, 2.24) is 0 Å². The zero-order chi connectivity index (χ0) is 18.2. The van der Waals surface area contributed by atoms with E-state index in [4.69, 9.17) is 9.47 Å². The van der Waals surface area contributed by atoms with Crippen LogP contribution in [0.25, 0.3) is 0 Å². The number of Topliss-reactive ketones (excluding diaryl/α,β-unsaturated/α-hetero) is 1. The number of carbonyl (C=O) groups excluding carboxylic acids is 1. The van der Waals surface area contributed by atoms with Crippen LogP contribution in [0.4, 0.5) is 0 Å². The molecule has 0 saturated heterocycles. The second-order valence-electron chi connectivity index (χ2n) is 6.15. The Labute approximate surface area is 154 Å². The van der Waals surface area contributed by atoms with Crippen LogP contribution in [0.2, 0.25) is 0 Å². The van der Waals surface area contributed by atoms with Gasteiger partial charge in [0.15, 0.2) is 5.78 Å². The van der Waals surface area contributed by atoms with Crippen LogP contribution in [-0.4, -0.2) is 12.4 Å². The fourth-order valence-electron chi connectivity index (χ4n) is 2.69. The van der Waals surface area contributed by atoms with Gasteiger partial charge in [-0.25, -0.2) is 0 Å². The van der Waals surface area contributed by atoms with Crippen LogP contribution in [0.5, 0.6) is 5.75 Å². The molecule has 3 aromatic rings. The Morgan fingerprint density at radius 2 is 1.42 bits per heavy atom. The zero-order valence-corrected chi connectivity index (χ0v) is 14.9. The average molecular weight is 346 g/mol. The standard InChI is InChI=1S/C23H22O3/c1-18-14-21(26-16-20-10-6-3-7-11-20)12-13-22(18)23(24)17-25-15-19-8-4-2-5-9-19/h2-14H,15-17H2,1H3. The Morgan fingerprint density at radius 3 is 2.04 bits per heavy atom. The molecule has 0 atom stereocenters. The number of hydrogen-bond acceptors (Lipinski definition) is 3. The van der Waals surface area contributed by atoms with Gasteiger partial charge in [0, 0.05) is 5.56 Å². The molecule has 0 aliphatic rings. The molecule has 0 N–H and O–H groups in total. The van der Waals surface area contributed by atoms with Crippen molar-refractivity contribution >= 4 is 5.78 Å². The minimum absolute atomic E-state index is 0.0203. The predicted molar refractivity (Wildman–Crippen MR) is 102 cm³/mol. The van der Waals surface area contributed by atoms with Crippen molar-refractivity contribution in [2.45, 2.75) is 20.1 Å². The van der Waals surface area contributed by atoms with Crippen molar-refractivity contribution in [2.24, 2.45) is 0 Å². The summed E-state index contributed by atoms with van der Waals surface area (Å²) >= 11 is 0. The third-order valence-electron chi connectivity index (χ3n) is 4.09. The van der Waals surface area contributed by atoms with E-state index in [1.54, 1.807) is 0 Å². The number of ether oxygens (including phenoxy) is 2. The first-order valence-corrected chi connectivity index (χ1v) is 8.64. The van der Waals surface area contributed by atoms with Crippen LogP contribution in [0.1, 0.15) is 27.0 Å². The molecule has 0 unspecified atom stereocenters. The van der Waals surface area contributed by atoms with Crippen molar-refractivity contribution in [1.29, 1.82) is 0 Å². The van der Waals surface area contributed by atoms with E-state index in [-0.39, 0.29) is 12.4 Å². The lowest BCUT2D eigenvalue weighted by atomic mass is 10.0. The lowest BCUT2D eigenvalue weighted by Gasteiger charge is -2.10. The van der Waals surface area contributed by atoms with Crippen LogP contribution < -0.4 is 4.74 Å². The summed E-state index contributed by atoms with van der Waals surface area (Å²) in [7, 11) is 0. The van der Waals surface area contributed by atoms with Gasteiger partial charge in [0.2, 0.25) is 0 Å². The quantitative estimate of drug-likeness (QED) is 0.540. The maximum absolute atomic E-state index is 12.4. The van der Waals surface area contributed by atoms with Crippen molar-refractivity contribution in [3.63, 3.8) is 0 Å². The first-order valence-electron chi connectivity index (χ1n) is 8.64. The fourth-order valence-corrected chi connectivity index (χ4v) is 2.69. The first kappa shape index (κ1) is 17.9. The molecule has 3 heteroatoms. The van der Waals surface area contributed by atoms with Crippen LogP contribution in [0.15, 0.2) is 78.9 Å². The second kappa shape index (κ2) is 8.97. The maximum atomic E-state index is 12.4. The van der Waals surface area contributed by atoms with E-state index < -0.39 is 0 Å². The van der Waals surface area contributed by atoms with Crippen molar-refractivity contribution in [3.8, 4) is 5.75 Å². The number of ketones is 1. The van der Waals surface area contributed by atoms with Gasteiger partial charge in [0.25, 0.3) is 0 Å². The molecular weight excluding hydrogens is 324 g/mol. The molecular formula is C23H22O3. The summed E-state index contributed by atoms with van der Waals surface area (Å²) in [6.07, 6.45) is 0. The highest BCUT2D eigenvalue weighted by molar-refractivity contribution is 5.98. The Hall–Kier alpha value is -2.91. The van der Waals surface area contributed by atoms with Crippen LogP contribution >= 0.6 is 0 Å². The smallest absolute Gasteiger partial charge is 0.188 e. The molecule has 0 aliphatic carbocycles. The lowest BCUT2D eigenvalue weighted by Crippen LogP contribution is -2.10. The summed E-state index contributed by atoms with van der Waals surface area (Å²) in [5.41, 5.74) is 3.73. The highest BCUT2D eigenvalue weighted by atomic mass is 16.5. The lowest BCUT2D eigenvalue weighted by molar-refractivity contribution is 0.0726. The summed E-state index contributed by atoms with van der Waals surface area (Å²) in [6, 6.07) is 25.4. The monoisotopic (exact) mass is 346 g/mol. The van der Waals surface area contributed by atoms with Crippen molar-refractivity contribution in [2.75, 3.05) is 6.61 Å². The van der Waals surface area contributed by atoms with E-state index >= 15 is 0 Å². The Morgan fingerprint density at radius 1 is 0.808 bits per heavy atom. The SMILES string of the molecule is Cc1cc(OCc2ccccc2)ccc1C(=O)COCc1ccccc1. The van der Waals surface area contributed by atoms with Gasteiger partial charge < -0.3 is 9.47 Å². The molecule has 26 heavy (non-hydrogen) atoms. The van der Waals surface area contributed by atoms with E-state index in [1.807, 2.05) is 85.8 Å². The highest BCUT2D eigenvalue weighted by Crippen LogP contribution is 2.19. The molecule has 0 bridgehead atoms. The highest BCUT2D eigenvalue weighted by Gasteiger charge is 2.10. The average Bonchev–Trinajstić information content (AvgIpc) is 2.68. The minimum Gasteiger partial charge on any atom is -0.489 e. The van der Waals surface area contributed by atoms with Gasteiger partial charge in [-0.05, 0) is 41.8 Å². The number of carbonyl (C=O) groups is 1. The molecule has 0 saturated carbocycles. The van der Waals surface area contributed by atoms with Gasteiger partial charge in [-0.2, -0.15) is 0 Å². The van der Waals surface area contributed by atoms with Crippen molar-refractivity contribution < 1.29 is 14.3 Å². The third kappa shape index (κ3) is 5.04. The van der Waals surface area contributed by atoms with E-state index in [0.29, 0.717) is 18.8 Å². The summed E-state index contributed by atoms with van der Waals surface area (Å²) in [5.74, 6) is 0.737. The number of benzene rings is 3. The molecule has 0 aromatic heterocycles. The van der Waals surface area contributed by atoms with Crippen LogP contribution in [-0.2, 0) is 18.0 Å². The summed E-state index contributed by atoms with van der Waals surface area (Å²) < 4.78 is 11.3. The number of rotatable bonds is 8. The fraction of sp³-hybridized carbons (Fsp3) is 0.174. The van der Waals surface area contributed by atoms with Crippen molar-refractivity contribution in [3.05, 3.63) is 101 Å². The first-order chi connectivity index (χ1) is 12.7. The topological polar surface area (TPSA) is 35.5 Å². The third-order valence-corrected chi connectivity index (χ3v) is 4.09. The van der Waals surface area contributed by atoms with Gasteiger partial charge >= 0.3 is 0 Å². The molecule has 0 amide bonds. The van der Waals surface area contributed by atoms with Crippen LogP contribution in [0, 0.1) is 6.92 Å².